The smallest absolute Gasteiger partial charge is 0.245 e. The Balaban J connectivity index is 1.70. The molecule has 0 aliphatic carbocycles. The zero-order valence-electron chi connectivity index (χ0n) is 16.8. The van der Waals surface area contributed by atoms with Gasteiger partial charge in [0.2, 0.25) is 11.8 Å². The van der Waals surface area contributed by atoms with Crippen LogP contribution in [0, 0.1) is 0 Å². The number of nitrogens with one attached hydrogen (secondary N) is 1. The molecule has 0 bridgehead atoms. The number of carbonyl (C=O) groups is 2. The number of nitrogens with zero attached hydrogens (tertiary/aromatic N) is 2. The van der Waals surface area contributed by atoms with E-state index in [4.69, 9.17) is 4.99 Å². The Morgan fingerprint density at radius 2 is 1.57 bits per heavy atom. The molecule has 5 heteroatoms. The van der Waals surface area contributed by atoms with E-state index in [1.54, 1.807) is 4.90 Å². The second-order valence-electron chi connectivity index (χ2n) is 7.18. The lowest BCUT2D eigenvalue weighted by atomic mass is 10.00. The van der Waals surface area contributed by atoms with Gasteiger partial charge in [-0.25, -0.2) is 0 Å². The van der Waals surface area contributed by atoms with Gasteiger partial charge in [0, 0.05) is 24.6 Å². The van der Waals surface area contributed by atoms with E-state index < -0.39 is 6.04 Å². The molecule has 3 aromatic carbocycles. The molecule has 30 heavy (non-hydrogen) atoms. The zero-order chi connectivity index (χ0) is 20.9. The third-order valence-corrected chi connectivity index (χ3v) is 5.15. The van der Waals surface area contributed by atoms with E-state index in [9.17, 15) is 9.59 Å². The molecule has 0 aromatic heterocycles. The molecule has 5 nitrogen and oxygen atoms in total. The molecule has 0 saturated heterocycles. The first-order valence-corrected chi connectivity index (χ1v) is 9.96. The predicted octanol–water partition coefficient (Wildman–Crippen LogP) is 3.58. The fraction of sp³-hybridized carbons (Fsp3) is 0.160. The normalized spacial score (nSPS) is 15.6. The van der Waals surface area contributed by atoms with Crippen LogP contribution in [0.15, 0.2) is 89.9 Å². The number of benzene rings is 3. The summed E-state index contributed by atoms with van der Waals surface area (Å²) in [7, 11) is 0. The van der Waals surface area contributed by atoms with Crippen LogP contribution >= 0.6 is 0 Å². The van der Waals surface area contributed by atoms with E-state index in [2.05, 4.69) is 5.32 Å². The van der Waals surface area contributed by atoms with E-state index >= 15 is 0 Å². The Kier molecular flexibility index (Phi) is 5.70. The molecule has 3 aromatic rings. The Morgan fingerprint density at radius 3 is 2.27 bits per heavy atom. The number of rotatable bonds is 4. The van der Waals surface area contributed by atoms with E-state index in [0.717, 1.165) is 22.4 Å². The van der Waals surface area contributed by atoms with E-state index in [1.807, 2.05) is 84.9 Å². The number of hydrogen-bond donors (Lipinski definition) is 1. The zero-order valence-corrected chi connectivity index (χ0v) is 16.8. The molecule has 0 spiro atoms. The average Bonchev–Trinajstić information content (AvgIpc) is 2.96. The summed E-state index contributed by atoms with van der Waals surface area (Å²) in [4.78, 5) is 32.1. The number of aliphatic imine (C=N–C) groups is 1. The molecule has 1 N–H and O–H groups in total. The SMILES string of the molecule is CC(=O)N1c2ccccc2C(c2ccccc2)=NCC1C(=O)NCc1ccccc1. The standard InChI is InChI=1S/C25H23N3O2/c1-18(29)28-22-15-9-8-14-21(22)24(20-12-6-3-7-13-20)26-17-23(28)25(30)27-16-19-10-4-2-5-11-19/h2-15,23H,16-17H2,1H3,(H,27,30). The van der Waals surface area contributed by atoms with Gasteiger partial charge in [0.15, 0.2) is 0 Å². The number of carbonyl (C=O) groups excluding carboxylic acids is 2. The third-order valence-electron chi connectivity index (χ3n) is 5.15. The van der Waals surface area contributed by atoms with Crippen molar-refractivity contribution >= 4 is 23.2 Å². The molecule has 4 rings (SSSR count). The first kappa shape index (κ1) is 19.6. The molecule has 0 fully saturated rings. The second-order valence-corrected chi connectivity index (χ2v) is 7.18. The first-order chi connectivity index (χ1) is 14.6. The highest BCUT2D eigenvalue weighted by molar-refractivity contribution is 6.18. The Bertz CT molecular complexity index is 1080. The Labute approximate surface area is 176 Å². The van der Waals surface area contributed by atoms with Gasteiger partial charge >= 0.3 is 0 Å². The van der Waals surface area contributed by atoms with Gasteiger partial charge in [-0.05, 0) is 11.6 Å². The van der Waals surface area contributed by atoms with E-state index in [1.165, 1.54) is 6.92 Å². The fourth-order valence-corrected chi connectivity index (χ4v) is 3.73. The van der Waals surface area contributed by atoms with E-state index in [-0.39, 0.29) is 18.4 Å². The average molecular weight is 397 g/mol. The molecule has 2 amide bonds. The number of hydrogen-bond acceptors (Lipinski definition) is 3. The van der Waals surface area contributed by atoms with Gasteiger partial charge in [-0.1, -0.05) is 78.9 Å². The van der Waals surface area contributed by atoms with Crippen molar-refractivity contribution in [3.05, 3.63) is 102 Å². The molecule has 1 aliphatic heterocycles. The maximum absolute atomic E-state index is 13.1. The van der Waals surface area contributed by atoms with Crippen molar-refractivity contribution in [2.75, 3.05) is 11.4 Å². The van der Waals surface area contributed by atoms with Gasteiger partial charge in [-0.2, -0.15) is 0 Å². The van der Waals surface area contributed by atoms with Crippen molar-refractivity contribution in [2.24, 2.45) is 4.99 Å². The molecule has 0 radical (unpaired) electrons. The minimum absolute atomic E-state index is 0.188. The summed E-state index contributed by atoms with van der Waals surface area (Å²) in [6.07, 6.45) is 0. The molecule has 1 aliphatic rings. The first-order valence-electron chi connectivity index (χ1n) is 9.96. The van der Waals surface area contributed by atoms with Crippen LogP contribution in [-0.2, 0) is 16.1 Å². The summed E-state index contributed by atoms with van der Waals surface area (Å²) in [5.41, 5.74) is 4.29. The number of fused-ring (bicyclic) bond motifs is 1. The van der Waals surface area contributed by atoms with Gasteiger partial charge in [-0.3, -0.25) is 19.5 Å². The van der Waals surface area contributed by atoms with Crippen LogP contribution in [0.2, 0.25) is 0 Å². The molecule has 1 heterocycles. The van der Waals surface area contributed by atoms with Crippen molar-refractivity contribution in [2.45, 2.75) is 19.5 Å². The minimum atomic E-state index is -0.714. The summed E-state index contributed by atoms with van der Waals surface area (Å²) in [5, 5.41) is 2.96. The fourth-order valence-electron chi connectivity index (χ4n) is 3.73. The summed E-state index contributed by atoms with van der Waals surface area (Å²) in [6, 6.07) is 26.5. The summed E-state index contributed by atoms with van der Waals surface area (Å²) < 4.78 is 0. The second kappa shape index (κ2) is 8.74. The van der Waals surface area contributed by atoms with Crippen molar-refractivity contribution in [3.8, 4) is 0 Å². The summed E-state index contributed by atoms with van der Waals surface area (Å²) >= 11 is 0. The van der Waals surface area contributed by atoms with Crippen molar-refractivity contribution in [1.82, 2.24) is 5.32 Å². The monoisotopic (exact) mass is 397 g/mol. The molecule has 1 unspecified atom stereocenters. The van der Waals surface area contributed by atoms with Gasteiger partial charge < -0.3 is 5.32 Å². The quantitative estimate of drug-likeness (QED) is 0.732. The molecular formula is C25H23N3O2. The van der Waals surface area contributed by atoms with Gasteiger partial charge in [0.25, 0.3) is 0 Å². The maximum atomic E-state index is 13.1. The number of amides is 2. The number of anilines is 1. The topological polar surface area (TPSA) is 61.8 Å². The van der Waals surface area contributed by atoms with E-state index in [0.29, 0.717) is 12.2 Å². The molecular weight excluding hydrogens is 374 g/mol. The molecule has 1 atom stereocenters. The van der Waals surface area contributed by atoms with Crippen LogP contribution in [0.5, 0.6) is 0 Å². The van der Waals surface area contributed by atoms with Crippen LogP contribution in [-0.4, -0.2) is 30.1 Å². The highest BCUT2D eigenvalue weighted by Gasteiger charge is 2.33. The van der Waals surface area contributed by atoms with Gasteiger partial charge in [0.1, 0.15) is 6.04 Å². The van der Waals surface area contributed by atoms with Gasteiger partial charge in [-0.15, -0.1) is 0 Å². The van der Waals surface area contributed by atoms with Crippen molar-refractivity contribution in [3.63, 3.8) is 0 Å². The van der Waals surface area contributed by atoms with Gasteiger partial charge in [0.05, 0.1) is 17.9 Å². The summed E-state index contributed by atoms with van der Waals surface area (Å²) in [6.45, 7) is 2.08. The molecule has 0 saturated carbocycles. The molecule has 150 valence electrons. The minimum Gasteiger partial charge on any atom is -0.350 e. The Hall–Kier alpha value is -3.73. The Morgan fingerprint density at radius 1 is 0.933 bits per heavy atom. The lowest BCUT2D eigenvalue weighted by molar-refractivity contribution is -0.125. The van der Waals surface area contributed by atoms with Crippen LogP contribution < -0.4 is 10.2 Å². The van der Waals surface area contributed by atoms with Crippen LogP contribution in [0.25, 0.3) is 0 Å². The lowest BCUT2D eigenvalue weighted by Gasteiger charge is -2.29. The van der Waals surface area contributed by atoms with Crippen molar-refractivity contribution < 1.29 is 9.59 Å². The third kappa shape index (κ3) is 4.01. The highest BCUT2D eigenvalue weighted by atomic mass is 16.2. The number of benzodiazepines with no additional fused rings is 1. The van der Waals surface area contributed by atoms with Crippen LogP contribution in [0.3, 0.4) is 0 Å². The summed E-state index contributed by atoms with van der Waals surface area (Å²) in [5.74, 6) is -0.409. The lowest BCUT2D eigenvalue weighted by Crippen LogP contribution is -2.50. The largest absolute Gasteiger partial charge is 0.350 e. The number of para-hydroxylation sites is 1. The highest BCUT2D eigenvalue weighted by Crippen LogP contribution is 2.29. The van der Waals surface area contributed by atoms with Crippen LogP contribution in [0.1, 0.15) is 23.6 Å². The maximum Gasteiger partial charge on any atom is 0.245 e. The predicted molar refractivity (Wildman–Crippen MR) is 119 cm³/mol. The van der Waals surface area contributed by atoms with Crippen molar-refractivity contribution in [1.29, 1.82) is 0 Å². The van der Waals surface area contributed by atoms with Crippen LogP contribution in [0.4, 0.5) is 5.69 Å².